The van der Waals surface area contributed by atoms with E-state index in [0.717, 1.165) is 29.8 Å². The van der Waals surface area contributed by atoms with E-state index in [1.807, 2.05) is 6.07 Å². The zero-order chi connectivity index (χ0) is 16.5. The van der Waals surface area contributed by atoms with E-state index in [1.165, 1.54) is 12.5 Å². The molecule has 1 aliphatic heterocycles. The molecule has 122 valence electrons. The molecule has 6 heteroatoms. The van der Waals surface area contributed by atoms with Gasteiger partial charge in [-0.25, -0.2) is 4.79 Å². The van der Waals surface area contributed by atoms with Crippen LogP contribution in [0.4, 0.5) is 0 Å². The molecular formula is C18H16N2O4. The van der Waals surface area contributed by atoms with E-state index in [-0.39, 0.29) is 5.56 Å². The topological polar surface area (TPSA) is 79.7 Å². The van der Waals surface area contributed by atoms with E-state index in [2.05, 4.69) is 9.88 Å². The van der Waals surface area contributed by atoms with Gasteiger partial charge < -0.3 is 13.9 Å². The van der Waals surface area contributed by atoms with Crippen molar-refractivity contribution in [1.82, 2.24) is 9.88 Å². The fourth-order valence-electron chi connectivity index (χ4n) is 3.22. The molecule has 0 aliphatic carbocycles. The fraction of sp³-hybridized carbons (Fsp3) is 0.222. The van der Waals surface area contributed by atoms with Crippen molar-refractivity contribution in [3.8, 4) is 11.3 Å². The summed E-state index contributed by atoms with van der Waals surface area (Å²) in [5, 5.41) is 9.70. The highest BCUT2D eigenvalue weighted by Crippen LogP contribution is 2.30. The third-order valence-electron chi connectivity index (χ3n) is 4.34. The second-order valence-electron chi connectivity index (χ2n) is 5.90. The van der Waals surface area contributed by atoms with Crippen LogP contribution in [0.1, 0.15) is 27.0 Å². The molecule has 3 aromatic rings. The van der Waals surface area contributed by atoms with Crippen LogP contribution < -0.4 is 0 Å². The van der Waals surface area contributed by atoms with E-state index >= 15 is 0 Å². The van der Waals surface area contributed by atoms with Crippen molar-refractivity contribution in [3.05, 3.63) is 65.6 Å². The lowest BCUT2D eigenvalue weighted by molar-refractivity contribution is 0.0695. The highest BCUT2D eigenvalue weighted by molar-refractivity contribution is 5.96. The summed E-state index contributed by atoms with van der Waals surface area (Å²) in [7, 11) is 0. The largest absolute Gasteiger partial charge is 0.478 e. The molecule has 0 amide bonds. The minimum absolute atomic E-state index is 0.289. The summed E-state index contributed by atoms with van der Waals surface area (Å²) in [6.45, 7) is 2.26. The Morgan fingerprint density at radius 2 is 2.08 bits per heavy atom. The summed E-state index contributed by atoms with van der Waals surface area (Å²) in [5.74, 6) is -0.946. The van der Waals surface area contributed by atoms with E-state index in [4.69, 9.17) is 8.83 Å². The Hall–Kier alpha value is -2.86. The quantitative estimate of drug-likeness (QED) is 0.794. The van der Waals surface area contributed by atoms with Gasteiger partial charge in [0.05, 0.1) is 36.3 Å². The van der Waals surface area contributed by atoms with Gasteiger partial charge in [0, 0.05) is 37.0 Å². The number of furan rings is 2. The molecule has 0 radical (unpaired) electrons. The molecule has 3 aromatic heterocycles. The minimum atomic E-state index is -0.946. The maximum atomic E-state index is 11.8. The molecule has 0 spiro atoms. The van der Waals surface area contributed by atoms with Crippen molar-refractivity contribution < 1.29 is 18.7 Å². The Labute approximate surface area is 138 Å². The number of rotatable bonds is 4. The molecule has 0 saturated heterocycles. The molecule has 1 aliphatic rings. The third-order valence-corrected chi connectivity index (χ3v) is 4.34. The first-order valence-electron chi connectivity index (χ1n) is 7.72. The van der Waals surface area contributed by atoms with Gasteiger partial charge in [-0.1, -0.05) is 0 Å². The van der Waals surface area contributed by atoms with Crippen LogP contribution >= 0.6 is 0 Å². The standard InChI is InChI=1S/C18H16N2O4/c21-18(22)16-15-1-4-20(8-12-2-5-23-10-12)9-14(15)7-19-17(16)13-3-6-24-11-13/h2-3,5-7,10-11H,1,4,8-9H2,(H,21,22). The third kappa shape index (κ3) is 2.61. The Kier molecular flexibility index (Phi) is 3.66. The second-order valence-corrected chi connectivity index (χ2v) is 5.90. The molecule has 1 N–H and O–H groups in total. The Balaban J connectivity index is 1.68. The highest BCUT2D eigenvalue weighted by atomic mass is 16.4. The van der Waals surface area contributed by atoms with Crippen LogP contribution in [0.15, 0.2) is 52.2 Å². The van der Waals surface area contributed by atoms with Crippen LogP contribution in [0, 0.1) is 0 Å². The average molecular weight is 324 g/mol. The zero-order valence-electron chi connectivity index (χ0n) is 12.9. The van der Waals surface area contributed by atoms with Crippen LogP contribution in [-0.4, -0.2) is 27.5 Å². The maximum Gasteiger partial charge on any atom is 0.338 e. The molecule has 0 saturated carbocycles. The summed E-state index contributed by atoms with van der Waals surface area (Å²) >= 11 is 0. The predicted octanol–water partition coefficient (Wildman–Crippen LogP) is 3.19. The SMILES string of the molecule is O=C(O)c1c(-c2ccoc2)ncc2c1CCN(Cc1ccoc1)C2. The van der Waals surface area contributed by atoms with Crippen molar-refractivity contribution in [1.29, 1.82) is 0 Å². The van der Waals surface area contributed by atoms with Gasteiger partial charge in [0.15, 0.2) is 0 Å². The Morgan fingerprint density at radius 1 is 1.25 bits per heavy atom. The van der Waals surface area contributed by atoms with Crippen LogP contribution in [-0.2, 0) is 19.5 Å². The number of carboxylic acid groups (broad SMARTS) is 1. The first-order chi connectivity index (χ1) is 11.7. The van der Waals surface area contributed by atoms with Crippen LogP contribution in [0.2, 0.25) is 0 Å². The summed E-state index contributed by atoms with van der Waals surface area (Å²) in [6.07, 6.45) is 8.91. The number of fused-ring (bicyclic) bond motifs is 1. The van der Waals surface area contributed by atoms with Gasteiger partial charge in [-0.3, -0.25) is 9.88 Å². The summed E-state index contributed by atoms with van der Waals surface area (Å²) in [6, 6.07) is 3.67. The van der Waals surface area contributed by atoms with Crippen molar-refractivity contribution >= 4 is 5.97 Å². The zero-order valence-corrected chi connectivity index (χ0v) is 12.9. The van der Waals surface area contributed by atoms with E-state index < -0.39 is 5.97 Å². The molecule has 6 nitrogen and oxygen atoms in total. The number of aromatic carboxylic acids is 1. The molecule has 24 heavy (non-hydrogen) atoms. The van der Waals surface area contributed by atoms with E-state index in [0.29, 0.717) is 24.2 Å². The van der Waals surface area contributed by atoms with Crippen molar-refractivity contribution in [3.63, 3.8) is 0 Å². The summed E-state index contributed by atoms with van der Waals surface area (Å²) < 4.78 is 10.2. The fourth-order valence-corrected chi connectivity index (χ4v) is 3.22. The molecule has 0 unspecified atom stereocenters. The van der Waals surface area contributed by atoms with Crippen molar-refractivity contribution in [2.75, 3.05) is 6.54 Å². The van der Waals surface area contributed by atoms with Gasteiger partial charge in [-0.15, -0.1) is 0 Å². The van der Waals surface area contributed by atoms with Gasteiger partial charge in [0.2, 0.25) is 0 Å². The molecule has 4 rings (SSSR count). The lowest BCUT2D eigenvalue weighted by atomic mass is 9.93. The number of nitrogens with zero attached hydrogens (tertiary/aromatic N) is 2. The Bertz CT molecular complexity index is 854. The van der Waals surface area contributed by atoms with Crippen LogP contribution in [0.3, 0.4) is 0 Å². The minimum Gasteiger partial charge on any atom is -0.478 e. The van der Waals surface area contributed by atoms with Crippen molar-refractivity contribution in [2.45, 2.75) is 19.5 Å². The van der Waals surface area contributed by atoms with Crippen molar-refractivity contribution in [2.24, 2.45) is 0 Å². The predicted molar refractivity (Wildman–Crippen MR) is 85.4 cm³/mol. The highest BCUT2D eigenvalue weighted by Gasteiger charge is 2.26. The first kappa shape index (κ1) is 14.7. The number of hydrogen-bond acceptors (Lipinski definition) is 5. The molecular weight excluding hydrogens is 308 g/mol. The first-order valence-corrected chi connectivity index (χ1v) is 7.72. The Morgan fingerprint density at radius 3 is 2.79 bits per heavy atom. The van der Waals surface area contributed by atoms with Crippen LogP contribution in [0.5, 0.6) is 0 Å². The van der Waals surface area contributed by atoms with Gasteiger partial charge in [-0.2, -0.15) is 0 Å². The molecule has 0 bridgehead atoms. The number of hydrogen-bond donors (Lipinski definition) is 1. The monoisotopic (exact) mass is 324 g/mol. The maximum absolute atomic E-state index is 11.8. The molecule has 0 fully saturated rings. The molecule has 0 atom stereocenters. The van der Waals surface area contributed by atoms with Crippen LogP contribution in [0.25, 0.3) is 11.3 Å². The number of carboxylic acids is 1. The van der Waals surface area contributed by atoms with Gasteiger partial charge in [0.25, 0.3) is 0 Å². The molecule has 4 heterocycles. The number of aromatic nitrogens is 1. The van der Waals surface area contributed by atoms with Gasteiger partial charge in [0.1, 0.15) is 0 Å². The normalized spacial score (nSPS) is 14.5. The molecule has 0 aromatic carbocycles. The number of pyridine rings is 1. The smallest absolute Gasteiger partial charge is 0.338 e. The average Bonchev–Trinajstić information content (AvgIpc) is 3.27. The van der Waals surface area contributed by atoms with Gasteiger partial charge >= 0.3 is 5.97 Å². The van der Waals surface area contributed by atoms with E-state index in [9.17, 15) is 9.90 Å². The lowest BCUT2D eigenvalue weighted by Crippen LogP contribution is -2.31. The number of carbonyl (C=O) groups is 1. The summed E-state index contributed by atoms with van der Waals surface area (Å²) in [4.78, 5) is 18.5. The summed E-state index contributed by atoms with van der Waals surface area (Å²) in [5.41, 5.74) is 4.40. The lowest BCUT2D eigenvalue weighted by Gasteiger charge is -2.29. The van der Waals surface area contributed by atoms with Gasteiger partial charge in [-0.05, 0) is 29.7 Å². The van der Waals surface area contributed by atoms with E-state index in [1.54, 1.807) is 24.8 Å². The second kappa shape index (κ2) is 5.98.